The van der Waals surface area contributed by atoms with Crippen molar-refractivity contribution >= 4 is 17.5 Å². The summed E-state index contributed by atoms with van der Waals surface area (Å²) in [4.78, 5) is 11.3. The van der Waals surface area contributed by atoms with Gasteiger partial charge < -0.3 is 4.90 Å². The molecule has 0 N–H and O–H groups in total. The highest BCUT2D eigenvalue weighted by atomic mass is 35.5. The molecule has 94 valence electrons. The second-order valence-electron chi connectivity index (χ2n) is 4.80. The number of aryl methyl sites for hydroxylation is 1. The summed E-state index contributed by atoms with van der Waals surface area (Å²) in [5.41, 5.74) is 2.03. The van der Waals surface area contributed by atoms with E-state index in [1.165, 1.54) is 12.8 Å². The summed E-state index contributed by atoms with van der Waals surface area (Å²) in [5, 5.41) is 0. The van der Waals surface area contributed by atoms with E-state index in [0.717, 1.165) is 42.6 Å². The van der Waals surface area contributed by atoms with Gasteiger partial charge in [-0.25, -0.2) is 9.97 Å². The first-order valence-corrected chi connectivity index (χ1v) is 6.91. The summed E-state index contributed by atoms with van der Waals surface area (Å²) >= 11 is 5.83. The molecule has 1 heterocycles. The molecule has 0 bridgehead atoms. The van der Waals surface area contributed by atoms with Gasteiger partial charge in [0.2, 0.25) is 5.95 Å². The minimum absolute atomic E-state index is 0.489. The van der Waals surface area contributed by atoms with E-state index in [9.17, 15) is 0 Å². The van der Waals surface area contributed by atoms with E-state index in [0.29, 0.717) is 5.88 Å². The largest absolute Gasteiger partial charge is 0.341 e. The summed E-state index contributed by atoms with van der Waals surface area (Å²) in [7, 11) is 0. The topological polar surface area (TPSA) is 29.0 Å². The van der Waals surface area contributed by atoms with Crippen LogP contribution in [0.1, 0.15) is 37.4 Å². The fourth-order valence-electron chi connectivity index (χ4n) is 1.92. The molecule has 0 saturated heterocycles. The molecule has 0 unspecified atom stereocenters. The lowest BCUT2D eigenvalue weighted by Crippen LogP contribution is -2.28. The van der Waals surface area contributed by atoms with Crippen LogP contribution in [0, 0.1) is 12.8 Å². The molecule has 1 saturated carbocycles. The molecule has 1 aliphatic carbocycles. The molecular formula is C13H20ClN3. The SMILES string of the molecule is CCCN(CC1CC1)c1ncc(CCl)c(C)n1. The molecule has 1 aromatic heterocycles. The van der Waals surface area contributed by atoms with E-state index in [1.54, 1.807) is 0 Å². The maximum Gasteiger partial charge on any atom is 0.225 e. The lowest BCUT2D eigenvalue weighted by Gasteiger charge is -2.22. The van der Waals surface area contributed by atoms with Gasteiger partial charge in [-0.3, -0.25) is 0 Å². The van der Waals surface area contributed by atoms with Crippen molar-refractivity contribution in [1.82, 2.24) is 9.97 Å². The van der Waals surface area contributed by atoms with Crippen molar-refractivity contribution in [3.8, 4) is 0 Å². The quantitative estimate of drug-likeness (QED) is 0.730. The van der Waals surface area contributed by atoms with Crippen LogP contribution in [0.25, 0.3) is 0 Å². The zero-order valence-corrected chi connectivity index (χ0v) is 11.4. The Morgan fingerprint density at radius 2 is 2.24 bits per heavy atom. The third kappa shape index (κ3) is 3.32. The highest BCUT2D eigenvalue weighted by Crippen LogP contribution is 2.30. The Kier molecular flexibility index (Phi) is 4.21. The summed E-state index contributed by atoms with van der Waals surface area (Å²) in [6.07, 6.45) is 5.71. The summed E-state index contributed by atoms with van der Waals surface area (Å²) in [5.74, 6) is 2.21. The Hall–Kier alpha value is -0.830. The van der Waals surface area contributed by atoms with Gasteiger partial charge >= 0.3 is 0 Å². The molecule has 0 atom stereocenters. The predicted octanol–water partition coefficient (Wildman–Crippen LogP) is 3.15. The second-order valence-corrected chi connectivity index (χ2v) is 5.07. The van der Waals surface area contributed by atoms with Crippen LogP contribution in [0.3, 0.4) is 0 Å². The number of hydrogen-bond acceptors (Lipinski definition) is 3. The van der Waals surface area contributed by atoms with E-state index in [2.05, 4.69) is 21.8 Å². The smallest absolute Gasteiger partial charge is 0.225 e. The molecule has 3 nitrogen and oxygen atoms in total. The standard InChI is InChI=1S/C13H20ClN3/c1-3-6-17(9-11-4-5-11)13-15-8-12(7-14)10(2)16-13/h8,11H,3-7,9H2,1-2H3. The molecule has 1 fully saturated rings. The van der Waals surface area contributed by atoms with Gasteiger partial charge in [-0.15, -0.1) is 11.6 Å². The molecule has 0 spiro atoms. The van der Waals surface area contributed by atoms with Crippen LogP contribution in [-0.4, -0.2) is 23.1 Å². The van der Waals surface area contributed by atoms with Crippen LogP contribution in [-0.2, 0) is 5.88 Å². The number of alkyl halides is 1. The average Bonchev–Trinajstić information content (AvgIpc) is 3.12. The predicted molar refractivity (Wildman–Crippen MR) is 71.6 cm³/mol. The van der Waals surface area contributed by atoms with Crippen LogP contribution in [0.4, 0.5) is 5.95 Å². The fraction of sp³-hybridized carbons (Fsp3) is 0.692. The monoisotopic (exact) mass is 253 g/mol. The van der Waals surface area contributed by atoms with E-state index >= 15 is 0 Å². The maximum atomic E-state index is 5.83. The fourth-order valence-corrected chi connectivity index (χ4v) is 2.18. The molecule has 2 rings (SSSR count). The van der Waals surface area contributed by atoms with Crippen molar-refractivity contribution < 1.29 is 0 Å². The van der Waals surface area contributed by atoms with Crippen molar-refractivity contribution in [2.24, 2.45) is 5.92 Å². The number of nitrogens with zero attached hydrogens (tertiary/aromatic N) is 3. The van der Waals surface area contributed by atoms with E-state index in [1.807, 2.05) is 13.1 Å². The Morgan fingerprint density at radius 3 is 2.76 bits per heavy atom. The van der Waals surface area contributed by atoms with E-state index < -0.39 is 0 Å². The van der Waals surface area contributed by atoms with E-state index in [-0.39, 0.29) is 0 Å². The Labute approximate surface area is 108 Å². The third-order valence-electron chi connectivity index (χ3n) is 3.16. The lowest BCUT2D eigenvalue weighted by atomic mass is 10.3. The molecule has 0 radical (unpaired) electrons. The first-order valence-electron chi connectivity index (χ1n) is 6.38. The second kappa shape index (κ2) is 5.67. The Balaban J connectivity index is 2.13. The number of anilines is 1. The van der Waals surface area contributed by atoms with Crippen LogP contribution in [0.5, 0.6) is 0 Å². The van der Waals surface area contributed by atoms with Crippen molar-refractivity contribution in [1.29, 1.82) is 0 Å². The normalized spacial score (nSPS) is 15.0. The van der Waals surface area contributed by atoms with Gasteiger partial charge in [-0.1, -0.05) is 6.92 Å². The molecular weight excluding hydrogens is 234 g/mol. The summed E-state index contributed by atoms with van der Waals surface area (Å²) < 4.78 is 0. The third-order valence-corrected chi connectivity index (χ3v) is 3.45. The molecule has 1 aromatic rings. The van der Waals surface area contributed by atoms with Gasteiger partial charge in [-0.05, 0) is 32.1 Å². The molecule has 17 heavy (non-hydrogen) atoms. The highest BCUT2D eigenvalue weighted by molar-refractivity contribution is 6.17. The lowest BCUT2D eigenvalue weighted by molar-refractivity contribution is 0.686. The van der Waals surface area contributed by atoms with Gasteiger partial charge in [0, 0.05) is 30.5 Å². The molecule has 0 aliphatic heterocycles. The molecule has 0 amide bonds. The summed E-state index contributed by atoms with van der Waals surface area (Å²) in [6, 6.07) is 0. The first-order chi connectivity index (χ1) is 8.24. The van der Waals surface area contributed by atoms with Crippen molar-refractivity contribution in [2.75, 3.05) is 18.0 Å². The van der Waals surface area contributed by atoms with Crippen molar-refractivity contribution in [2.45, 2.75) is 39.0 Å². The number of hydrogen-bond donors (Lipinski definition) is 0. The number of rotatable bonds is 6. The summed E-state index contributed by atoms with van der Waals surface area (Å²) in [6.45, 7) is 6.34. The van der Waals surface area contributed by atoms with Gasteiger partial charge in [-0.2, -0.15) is 0 Å². The van der Waals surface area contributed by atoms with Crippen LogP contribution in [0.15, 0.2) is 6.20 Å². The minimum atomic E-state index is 0.489. The Bertz CT molecular complexity index is 377. The zero-order valence-electron chi connectivity index (χ0n) is 10.6. The van der Waals surface area contributed by atoms with E-state index in [4.69, 9.17) is 11.6 Å². The Morgan fingerprint density at radius 1 is 1.47 bits per heavy atom. The molecule has 1 aliphatic rings. The van der Waals surface area contributed by atoms with Gasteiger partial charge in [0.25, 0.3) is 0 Å². The maximum absolute atomic E-state index is 5.83. The minimum Gasteiger partial charge on any atom is -0.341 e. The first kappa shape index (κ1) is 12.6. The van der Waals surface area contributed by atoms with Gasteiger partial charge in [0.05, 0.1) is 5.88 Å². The van der Waals surface area contributed by atoms with Gasteiger partial charge in [0.15, 0.2) is 0 Å². The van der Waals surface area contributed by atoms with Gasteiger partial charge in [0.1, 0.15) is 0 Å². The zero-order chi connectivity index (χ0) is 12.3. The number of aromatic nitrogens is 2. The average molecular weight is 254 g/mol. The van der Waals surface area contributed by atoms with Crippen molar-refractivity contribution in [3.63, 3.8) is 0 Å². The van der Waals surface area contributed by atoms with Crippen LogP contribution in [0.2, 0.25) is 0 Å². The number of halogens is 1. The van der Waals surface area contributed by atoms with Crippen LogP contribution < -0.4 is 4.90 Å². The highest BCUT2D eigenvalue weighted by Gasteiger charge is 2.25. The van der Waals surface area contributed by atoms with Crippen molar-refractivity contribution in [3.05, 3.63) is 17.5 Å². The molecule has 0 aromatic carbocycles. The molecule has 4 heteroatoms. The van der Waals surface area contributed by atoms with Crippen LogP contribution >= 0.6 is 11.6 Å².